The fraction of sp³-hybridized carbons (Fsp3) is 0.211. The van der Waals surface area contributed by atoms with E-state index < -0.39 is 0 Å². The number of morpholine rings is 1. The van der Waals surface area contributed by atoms with Gasteiger partial charge >= 0.3 is 0 Å². The minimum Gasteiger partial charge on any atom is -0.472 e. The molecule has 0 unspecified atom stereocenters. The molecule has 1 aliphatic heterocycles. The highest BCUT2D eigenvalue weighted by molar-refractivity contribution is 6.13. The first-order valence-corrected chi connectivity index (χ1v) is 8.38. The lowest BCUT2D eigenvalue weighted by molar-refractivity contribution is 0.122. The summed E-state index contributed by atoms with van der Waals surface area (Å²) in [6.45, 7) is 2.91. The van der Waals surface area contributed by atoms with E-state index in [0.717, 1.165) is 30.0 Å². The number of ether oxygens (including phenoxy) is 1. The molecule has 0 atom stereocenters. The van der Waals surface area contributed by atoms with E-state index in [4.69, 9.17) is 20.3 Å². The van der Waals surface area contributed by atoms with Crippen LogP contribution in [0.5, 0.6) is 0 Å². The molecule has 1 fully saturated rings. The van der Waals surface area contributed by atoms with Gasteiger partial charge in [0.05, 0.1) is 37.1 Å². The van der Waals surface area contributed by atoms with E-state index in [2.05, 4.69) is 14.9 Å². The number of benzene rings is 1. The highest BCUT2D eigenvalue weighted by atomic mass is 16.5. The van der Waals surface area contributed by atoms with Gasteiger partial charge in [-0.05, 0) is 23.8 Å². The van der Waals surface area contributed by atoms with Crippen LogP contribution in [0.1, 0.15) is 11.3 Å². The van der Waals surface area contributed by atoms with Crippen molar-refractivity contribution in [3.05, 3.63) is 60.4 Å². The largest absolute Gasteiger partial charge is 0.472 e. The molecule has 7 nitrogen and oxygen atoms in total. The van der Waals surface area contributed by atoms with Crippen LogP contribution < -0.4 is 10.6 Å². The molecule has 0 amide bonds. The maximum atomic E-state index is 8.61. The van der Waals surface area contributed by atoms with Crippen molar-refractivity contribution in [1.29, 1.82) is 5.41 Å². The summed E-state index contributed by atoms with van der Waals surface area (Å²) in [5.41, 5.74) is 9.99. The van der Waals surface area contributed by atoms with E-state index >= 15 is 0 Å². The molecule has 0 aliphatic carbocycles. The Bertz CT molecular complexity index is 917. The molecule has 1 aliphatic rings. The third-order valence-electron chi connectivity index (χ3n) is 4.42. The zero-order chi connectivity index (χ0) is 17.9. The van der Waals surface area contributed by atoms with Crippen LogP contribution in [0.15, 0.2) is 53.6 Å². The number of rotatable bonds is 4. The lowest BCUT2D eigenvalue weighted by Gasteiger charge is -2.27. The van der Waals surface area contributed by atoms with E-state index in [0.29, 0.717) is 30.2 Å². The molecule has 7 heteroatoms. The number of furan rings is 1. The minimum absolute atomic E-state index is 0.268. The van der Waals surface area contributed by atoms with Crippen LogP contribution in [0.2, 0.25) is 0 Å². The molecule has 3 aromatic rings. The first-order chi connectivity index (χ1) is 12.7. The minimum atomic E-state index is 0.268. The van der Waals surface area contributed by atoms with Gasteiger partial charge in [-0.15, -0.1) is 0 Å². The van der Waals surface area contributed by atoms with Crippen molar-refractivity contribution in [2.75, 3.05) is 36.9 Å². The standard InChI is InChI=1S/C19H19N5O2/c20-16-2-1-13(14-3-6-26-11-14)9-15(16)19(21)17-10-18(23-12-22-17)24-4-7-25-8-5-24/h1-3,6,9-12,21H,4-5,7-8,20H2. The van der Waals surface area contributed by atoms with Crippen molar-refractivity contribution in [2.45, 2.75) is 0 Å². The summed E-state index contributed by atoms with van der Waals surface area (Å²) >= 11 is 0. The third-order valence-corrected chi connectivity index (χ3v) is 4.42. The fourth-order valence-corrected chi connectivity index (χ4v) is 2.97. The Kier molecular flexibility index (Phi) is 4.37. The van der Waals surface area contributed by atoms with Gasteiger partial charge in [-0.25, -0.2) is 9.97 Å². The van der Waals surface area contributed by atoms with E-state index in [1.807, 2.05) is 24.3 Å². The molecule has 1 aromatic carbocycles. The van der Waals surface area contributed by atoms with Crippen molar-refractivity contribution >= 4 is 17.2 Å². The maximum Gasteiger partial charge on any atom is 0.132 e. The summed E-state index contributed by atoms with van der Waals surface area (Å²) in [6.07, 6.45) is 4.78. The lowest BCUT2D eigenvalue weighted by atomic mass is 9.99. The van der Waals surface area contributed by atoms with Crippen molar-refractivity contribution in [3.8, 4) is 11.1 Å². The summed E-state index contributed by atoms with van der Waals surface area (Å²) in [4.78, 5) is 10.7. The highest BCUT2D eigenvalue weighted by Crippen LogP contribution is 2.26. The van der Waals surface area contributed by atoms with Crippen LogP contribution in [0.25, 0.3) is 11.1 Å². The second-order valence-corrected chi connectivity index (χ2v) is 6.05. The fourth-order valence-electron chi connectivity index (χ4n) is 2.97. The summed E-state index contributed by atoms with van der Waals surface area (Å²) in [7, 11) is 0. The molecule has 0 spiro atoms. The smallest absolute Gasteiger partial charge is 0.132 e. The van der Waals surface area contributed by atoms with Gasteiger partial charge in [-0.2, -0.15) is 0 Å². The Hall–Kier alpha value is -3.19. The first kappa shape index (κ1) is 16.3. The summed E-state index contributed by atoms with van der Waals surface area (Å²) in [5.74, 6) is 0.799. The number of hydrogen-bond acceptors (Lipinski definition) is 7. The molecule has 26 heavy (non-hydrogen) atoms. The average molecular weight is 349 g/mol. The molecule has 132 valence electrons. The number of aromatic nitrogens is 2. The van der Waals surface area contributed by atoms with Crippen molar-refractivity contribution in [2.24, 2.45) is 0 Å². The summed E-state index contributed by atoms with van der Waals surface area (Å²) in [5, 5.41) is 8.61. The molecule has 1 saturated heterocycles. The first-order valence-electron chi connectivity index (χ1n) is 8.38. The molecular weight excluding hydrogens is 330 g/mol. The predicted octanol–water partition coefficient (Wildman–Crippen LogP) is 2.57. The van der Waals surface area contributed by atoms with Crippen LogP contribution in [0, 0.1) is 5.41 Å². The van der Waals surface area contributed by atoms with Crippen LogP contribution in [-0.4, -0.2) is 42.0 Å². The van der Waals surface area contributed by atoms with Gasteiger partial charge in [0.2, 0.25) is 0 Å². The molecule has 0 bridgehead atoms. The zero-order valence-corrected chi connectivity index (χ0v) is 14.2. The Balaban J connectivity index is 1.66. The quantitative estimate of drug-likeness (QED) is 0.554. The normalized spacial score (nSPS) is 14.4. The number of hydrogen-bond donors (Lipinski definition) is 2. The van der Waals surface area contributed by atoms with Gasteiger partial charge in [0, 0.05) is 36.0 Å². The molecular formula is C19H19N5O2. The molecule has 3 heterocycles. The van der Waals surface area contributed by atoms with Crippen LogP contribution in [-0.2, 0) is 4.74 Å². The lowest BCUT2D eigenvalue weighted by Crippen LogP contribution is -2.36. The summed E-state index contributed by atoms with van der Waals surface area (Å²) in [6, 6.07) is 9.31. The predicted molar refractivity (Wildman–Crippen MR) is 99.6 cm³/mol. The van der Waals surface area contributed by atoms with Crippen molar-refractivity contribution < 1.29 is 9.15 Å². The average Bonchev–Trinajstić information content (AvgIpc) is 3.23. The second kappa shape index (κ2) is 6.97. The Morgan fingerprint density at radius 3 is 2.69 bits per heavy atom. The van der Waals surface area contributed by atoms with Gasteiger partial charge in [0.25, 0.3) is 0 Å². The topological polar surface area (TPSA) is 101 Å². The third kappa shape index (κ3) is 3.16. The number of nitrogens with one attached hydrogen (secondary N) is 1. The second-order valence-electron chi connectivity index (χ2n) is 6.05. The van der Waals surface area contributed by atoms with E-state index in [9.17, 15) is 0 Å². The van der Waals surface area contributed by atoms with Crippen LogP contribution >= 0.6 is 0 Å². The molecule has 0 saturated carbocycles. The summed E-state index contributed by atoms with van der Waals surface area (Å²) < 4.78 is 10.5. The van der Waals surface area contributed by atoms with E-state index in [1.165, 1.54) is 6.33 Å². The number of nitrogen functional groups attached to an aromatic ring is 1. The zero-order valence-electron chi connectivity index (χ0n) is 14.2. The Morgan fingerprint density at radius 2 is 1.92 bits per heavy atom. The van der Waals surface area contributed by atoms with Gasteiger partial charge in [0.15, 0.2) is 0 Å². The van der Waals surface area contributed by atoms with Gasteiger partial charge in [0.1, 0.15) is 12.1 Å². The number of anilines is 2. The molecule has 3 N–H and O–H groups in total. The van der Waals surface area contributed by atoms with Crippen molar-refractivity contribution in [3.63, 3.8) is 0 Å². The van der Waals surface area contributed by atoms with E-state index in [-0.39, 0.29) is 5.71 Å². The number of nitrogens with two attached hydrogens (primary N) is 1. The van der Waals surface area contributed by atoms with Gasteiger partial charge in [-0.3, -0.25) is 5.41 Å². The van der Waals surface area contributed by atoms with E-state index in [1.54, 1.807) is 18.6 Å². The molecule has 2 aromatic heterocycles. The number of nitrogens with zero attached hydrogens (tertiary/aromatic N) is 3. The molecule has 4 rings (SSSR count). The Morgan fingerprint density at radius 1 is 1.08 bits per heavy atom. The SMILES string of the molecule is N=C(c1cc(N2CCOCC2)ncn1)c1cc(-c2ccoc2)ccc1N. The van der Waals surface area contributed by atoms with Crippen LogP contribution in [0.4, 0.5) is 11.5 Å². The Labute approximate surface area is 150 Å². The van der Waals surface area contributed by atoms with Gasteiger partial charge in [-0.1, -0.05) is 6.07 Å². The van der Waals surface area contributed by atoms with Gasteiger partial charge < -0.3 is 19.8 Å². The maximum absolute atomic E-state index is 8.61. The highest BCUT2D eigenvalue weighted by Gasteiger charge is 2.16. The van der Waals surface area contributed by atoms with Crippen LogP contribution in [0.3, 0.4) is 0 Å². The van der Waals surface area contributed by atoms with Crippen molar-refractivity contribution in [1.82, 2.24) is 9.97 Å². The molecule has 0 radical (unpaired) electrons. The monoisotopic (exact) mass is 349 g/mol.